The molecule has 3 heteroatoms. The Morgan fingerprint density at radius 1 is 1.67 bits per heavy atom. The number of Topliss-reactive ketones (excluding diaryl/α,β-unsaturated/α-hetero) is 1. The number of carbonyl (C=O) groups is 2. The van der Waals surface area contributed by atoms with Gasteiger partial charge in [-0.25, -0.2) is 0 Å². The minimum atomic E-state index is -0.326. The molecular weight excluding hydrogens is 120 g/mol. The zero-order valence-electron chi connectivity index (χ0n) is 5.00. The Bertz CT molecular complexity index is 124. The molecule has 9 heavy (non-hydrogen) atoms. The molecule has 1 fully saturated rings. The van der Waals surface area contributed by atoms with Gasteiger partial charge in [0, 0.05) is 6.61 Å². The predicted molar refractivity (Wildman–Crippen MR) is 30.0 cm³/mol. The van der Waals surface area contributed by atoms with E-state index in [2.05, 4.69) is 0 Å². The molecule has 1 unspecified atom stereocenters. The first-order valence-electron chi connectivity index (χ1n) is 2.91. The van der Waals surface area contributed by atoms with Crippen LogP contribution in [0.2, 0.25) is 0 Å². The van der Waals surface area contributed by atoms with Gasteiger partial charge in [0.2, 0.25) is 5.78 Å². The Morgan fingerprint density at radius 3 is 2.89 bits per heavy atom. The van der Waals surface area contributed by atoms with Gasteiger partial charge in [0.05, 0.1) is 12.5 Å². The first-order chi connectivity index (χ1) is 4.34. The Balaban J connectivity index is 2.41. The zero-order chi connectivity index (χ0) is 6.69. The van der Waals surface area contributed by atoms with Crippen LogP contribution < -0.4 is 0 Å². The molecule has 0 aromatic rings. The van der Waals surface area contributed by atoms with Crippen LogP contribution in [0.1, 0.15) is 6.42 Å². The van der Waals surface area contributed by atoms with Crippen molar-refractivity contribution in [3.05, 3.63) is 0 Å². The number of aldehydes is 1. The Kier molecular flexibility index (Phi) is 1.95. The predicted octanol–water partition coefficient (Wildman–Crippen LogP) is -0.209. The van der Waals surface area contributed by atoms with Crippen LogP contribution in [-0.2, 0) is 14.3 Å². The summed E-state index contributed by atoms with van der Waals surface area (Å²) in [6, 6.07) is 0. The van der Waals surface area contributed by atoms with E-state index in [9.17, 15) is 9.59 Å². The number of hydrogen-bond donors (Lipinski definition) is 0. The highest BCUT2D eigenvalue weighted by Gasteiger charge is 2.22. The first kappa shape index (κ1) is 6.42. The number of hydrogen-bond acceptors (Lipinski definition) is 3. The van der Waals surface area contributed by atoms with E-state index in [0.29, 0.717) is 25.9 Å². The molecule has 1 aliphatic rings. The van der Waals surface area contributed by atoms with Gasteiger partial charge in [-0.15, -0.1) is 0 Å². The number of carbonyl (C=O) groups excluding carboxylic acids is 2. The molecule has 3 nitrogen and oxygen atoms in total. The van der Waals surface area contributed by atoms with Crippen LogP contribution in [0.3, 0.4) is 0 Å². The second-order valence-electron chi connectivity index (χ2n) is 2.08. The average Bonchev–Trinajstić information content (AvgIpc) is 2.37. The van der Waals surface area contributed by atoms with E-state index in [1.807, 2.05) is 0 Å². The van der Waals surface area contributed by atoms with Gasteiger partial charge in [0.1, 0.15) is 0 Å². The largest absolute Gasteiger partial charge is 0.381 e. The lowest BCUT2D eigenvalue weighted by atomic mass is 10.1. The number of ether oxygens (including phenoxy) is 1. The molecular formula is C6H8O3. The highest BCUT2D eigenvalue weighted by molar-refractivity contribution is 6.26. The molecule has 0 bridgehead atoms. The minimum absolute atomic E-state index is 0.150. The lowest BCUT2D eigenvalue weighted by Crippen LogP contribution is -2.14. The first-order valence-corrected chi connectivity index (χ1v) is 2.91. The lowest BCUT2D eigenvalue weighted by Gasteiger charge is -1.96. The summed E-state index contributed by atoms with van der Waals surface area (Å²) in [5, 5.41) is 0. The Labute approximate surface area is 53.0 Å². The average molecular weight is 128 g/mol. The molecule has 0 aliphatic carbocycles. The standard InChI is InChI=1S/C6H8O3/c7-3-6(8)5-1-2-9-4-5/h3,5H,1-2,4H2. The van der Waals surface area contributed by atoms with Crippen LogP contribution >= 0.6 is 0 Å². The van der Waals surface area contributed by atoms with Gasteiger partial charge in [-0.05, 0) is 6.42 Å². The summed E-state index contributed by atoms with van der Waals surface area (Å²) >= 11 is 0. The molecule has 0 N–H and O–H groups in total. The highest BCUT2D eigenvalue weighted by atomic mass is 16.5. The van der Waals surface area contributed by atoms with Crippen molar-refractivity contribution in [1.82, 2.24) is 0 Å². The Hall–Kier alpha value is -0.700. The van der Waals surface area contributed by atoms with E-state index >= 15 is 0 Å². The lowest BCUT2D eigenvalue weighted by molar-refractivity contribution is -0.132. The highest BCUT2D eigenvalue weighted by Crippen LogP contribution is 2.11. The maximum atomic E-state index is 10.6. The van der Waals surface area contributed by atoms with E-state index in [1.54, 1.807) is 0 Å². The quantitative estimate of drug-likeness (QED) is 0.382. The molecule has 1 aliphatic heterocycles. The molecule has 1 heterocycles. The van der Waals surface area contributed by atoms with Crippen molar-refractivity contribution in [2.24, 2.45) is 5.92 Å². The summed E-state index contributed by atoms with van der Waals surface area (Å²) in [6.45, 7) is 1.04. The number of ketones is 1. The van der Waals surface area contributed by atoms with Crippen molar-refractivity contribution in [1.29, 1.82) is 0 Å². The van der Waals surface area contributed by atoms with Gasteiger partial charge in [-0.3, -0.25) is 9.59 Å². The summed E-state index contributed by atoms with van der Waals surface area (Å²) in [4.78, 5) is 20.5. The van der Waals surface area contributed by atoms with Crippen molar-refractivity contribution in [3.8, 4) is 0 Å². The summed E-state index contributed by atoms with van der Waals surface area (Å²) < 4.78 is 4.90. The number of rotatable bonds is 2. The fraction of sp³-hybridized carbons (Fsp3) is 0.667. The zero-order valence-corrected chi connectivity index (χ0v) is 5.00. The second kappa shape index (κ2) is 2.73. The van der Waals surface area contributed by atoms with Gasteiger partial charge in [-0.1, -0.05) is 0 Å². The molecule has 0 spiro atoms. The normalized spacial score (nSPS) is 26.0. The summed E-state index contributed by atoms with van der Waals surface area (Å²) in [5.74, 6) is -0.477. The molecule has 50 valence electrons. The smallest absolute Gasteiger partial charge is 0.200 e. The van der Waals surface area contributed by atoms with Crippen LogP contribution in [-0.4, -0.2) is 25.3 Å². The Morgan fingerprint density at radius 2 is 2.44 bits per heavy atom. The molecule has 1 atom stereocenters. The molecule has 0 aromatic heterocycles. The maximum absolute atomic E-state index is 10.6. The topological polar surface area (TPSA) is 43.4 Å². The summed E-state index contributed by atoms with van der Waals surface area (Å²) in [7, 11) is 0. The molecule has 0 amide bonds. The van der Waals surface area contributed by atoms with Crippen molar-refractivity contribution in [2.75, 3.05) is 13.2 Å². The van der Waals surface area contributed by atoms with E-state index in [1.165, 1.54) is 0 Å². The SMILES string of the molecule is O=CC(=O)C1CCOC1. The van der Waals surface area contributed by atoms with Gasteiger partial charge in [0.15, 0.2) is 6.29 Å². The molecule has 1 saturated heterocycles. The fourth-order valence-electron chi connectivity index (χ4n) is 0.855. The van der Waals surface area contributed by atoms with Gasteiger partial charge >= 0.3 is 0 Å². The van der Waals surface area contributed by atoms with Crippen LogP contribution in [0.15, 0.2) is 0 Å². The molecule has 0 radical (unpaired) electrons. The van der Waals surface area contributed by atoms with E-state index in [4.69, 9.17) is 4.74 Å². The van der Waals surface area contributed by atoms with Crippen LogP contribution in [0, 0.1) is 5.92 Å². The van der Waals surface area contributed by atoms with E-state index in [0.717, 1.165) is 0 Å². The molecule has 0 saturated carbocycles. The third kappa shape index (κ3) is 1.36. The van der Waals surface area contributed by atoms with Crippen molar-refractivity contribution >= 4 is 12.1 Å². The van der Waals surface area contributed by atoms with Gasteiger partial charge < -0.3 is 4.74 Å². The summed E-state index contributed by atoms with van der Waals surface area (Å²) in [6.07, 6.45) is 1.08. The molecule has 1 rings (SSSR count). The van der Waals surface area contributed by atoms with Crippen molar-refractivity contribution < 1.29 is 14.3 Å². The van der Waals surface area contributed by atoms with Crippen LogP contribution in [0.5, 0.6) is 0 Å². The van der Waals surface area contributed by atoms with Crippen molar-refractivity contribution in [2.45, 2.75) is 6.42 Å². The van der Waals surface area contributed by atoms with E-state index in [-0.39, 0.29) is 11.7 Å². The van der Waals surface area contributed by atoms with Crippen molar-refractivity contribution in [3.63, 3.8) is 0 Å². The van der Waals surface area contributed by atoms with E-state index < -0.39 is 0 Å². The molecule has 0 aromatic carbocycles. The third-order valence-corrected chi connectivity index (χ3v) is 1.45. The van der Waals surface area contributed by atoms with Crippen LogP contribution in [0.25, 0.3) is 0 Å². The van der Waals surface area contributed by atoms with Gasteiger partial charge in [-0.2, -0.15) is 0 Å². The monoisotopic (exact) mass is 128 g/mol. The van der Waals surface area contributed by atoms with Gasteiger partial charge in [0.25, 0.3) is 0 Å². The maximum Gasteiger partial charge on any atom is 0.200 e. The fourth-order valence-corrected chi connectivity index (χ4v) is 0.855. The van der Waals surface area contributed by atoms with Crippen LogP contribution in [0.4, 0.5) is 0 Å². The third-order valence-electron chi connectivity index (χ3n) is 1.45. The second-order valence-corrected chi connectivity index (χ2v) is 2.08. The summed E-state index contributed by atoms with van der Waals surface area (Å²) in [5.41, 5.74) is 0. The minimum Gasteiger partial charge on any atom is -0.381 e.